The Morgan fingerprint density at radius 1 is 0.857 bits per heavy atom. The molecular weight excluding hydrogens is 524 g/mol. The summed E-state index contributed by atoms with van der Waals surface area (Å²) in [4.78, 5) is 23.2. The number of aromatic nitrogens is 2. The van der Waals surface area contributed by atoms with Gasteiger partial charge in [-0.05, 0) is 63.2 Å². The Morgan fingerprint density at radius 2 is 1.57 bits per heavy atom. The van der Waals surface area contributed by atoms with Crippen molar-refractivity contribution in [2.45, 2.75) is 26.4 Å². The number of ether oxygens (including phenoxy) is 2. The van der Waals surface area contributed by atoms with Crippen LogP contribution in [0.15, 0.2) is 91.1 Å². The highest BCUT2D eigenvalue weighted by atomic mass is 16.6. The van der Waals surface area contributed by atoms with E-state index in [4.69, 9.17) is 14.5 Å². The van der Waals surface area contributed by atoms with Gasteiger partial charge in [-0.3, -0.25) is 4.40 Å². The van der Waals surface area contributed by atoms with Crippen LogP contribution in [0.25, 0.3) is 16.9 Å². The predicted octanol–water partition coefficient (Wildman–Crippen LogP) is 6.77. The lowest BCUT2D eigenvalue weighted by Gasteiger charge is -2.33. The van der Waals surface area contributed by atoms with Gasteiger partial charge in [0.25, 0.3) is 0 Å². The number of carbonyl (C=O) groups is 1. The summed E-state index contributed by atoms with van der Waals surface area (Å²) in [5.41, 5.74) is 6.08. The Morgan fingerprint density at radius 3 is 2.29 bits per heavy atom. The molecule has 3 aromatic carbocycles. The molecule has 7 nitrogen and oxygen atoms in total. The largest absolute Gasteiger partial charge is 0.493 e. The molecule has 1 aliphatic rings. The molecule has 3 heterocycles. The lowest BCUT2D eigenvalue weighted by Crippen LogP contribution is -2.33. The zero-order valence-corrected chi connectivity index (χ0v) is 24.8. The average molecular weight is 561 g/mol. The van der Waals surface area contributed by atoms with Crippen molar-refractivity contribution in [2.24, 2.45) is 0 Å². The van der Waals surface area contributed by atoms with Crippen molar-refractivity contribution < 1.29 is 14.3 Å². The molecule has 5 aromatic rings. The first-order valence-corrected chi connectivity index (χ1v) is 14.5. The van der Waals surface area contributed by atoms with E-state index in [1.807, 2.05) is 74.1 Å². The fourth-order valence-electron chi connectivity index (χ4n) is 6.03. The Hall–Kier alpha value is -4.78. The number of fused-ring (bicyclic) bond motifs is 2. The van der Waals surface area contributed by atoms with Crippen LogP contribution >= 0.6 is 0 Å². The molecule has 1 unspecified atom stereocenters. The first-order valence-electron chi connectivity index (χ1n) is 14.5. The van der Waals surface area contributed by atoms with Crippen LogP contribution in [0, 0.1) is 0 Å². The quantitative estimate of drug-likeness (QED) is 0.185. The Labute approximate surface area is 246 Å². The van der Waals surface area contributed by atoms with E-state index in [1.165, 1.54) is 0 Å². The van der Waals surface area contributed by atoms with Gasteiger partial charge in [-0.25, -0.2) is 9.78 Å². The van der Waals surface area contributed by atoms with Gasteiger partial charge >= 0.3 is 5.97 Å². The summed E-state index contributed by atoms with van der Waals surface area (Å²) >= 11 is 0. The van der Waals surface area contributed by atoms with Crippen molar-refractivity contribution in [3.63, 3.8) is 0 Å². The van der Waals surface area contributed by atoms with Crippen molar-refractivity contribution in [2.75, 3.05) is 43.6 Å². The van der Waals surface area contributed by atoms with Gasteiger partial charge in [-0.2, -0.15) is 0 Å². The van der Waals surface area contributed by atoms with Gasteiger partial charge in [0.2, 0.25) is 5.60 Å². The smallest absolute Gasteiger partial charge is 0.340 e. The highest BCUT2D eigenvalue weighted by Crippen LogP contribution is 2.52. The third kappa shape index (κ3) is 4.28. The second-order valence-corrected chi connectivity index (χ2v) is 10.6. The number of rotatable bonds is 9. The van der Waals surface area contributed by atoms with Crippen molar-refractivity contribution in [3.8, 4) is 17.0 Å². The first kappa shape index (κ1) is 27.4. The second kappa shape index (κ2) is 10.9. The van der Waals surface area contributed by atoms with Crippen LogP contribution in [-0.2, 0) is 10.3 Å². The van der Waals surface area contributed by atoms with Gasteiger partial charge in [0.05, 0.1) is 17.9 Å². The minimum atomic E-state index is -1.31. The maximum absolute atomic E-state index is 13.7. The SMILES string of the molecule is CCOc1cc(N(CC)CC)ccc1C1(c2c(-c3ccc(N(C)C)cc3)nc3ccccn23)OC(=O)c2ccccc21. The molecule has 6 rings (SSSR count). The van der Waals surface area contributed by atoms with Crippen molar-refractivity contribution in [1.82, 2.24) is 9.38 Å². The molecular formula is C35H36N4O3. The van der Waals surface area contributed by atoms with Crippen molar-refractivity contribution in [3.05, 3.63) is 114 Å². The molecule has 1 aliphatic heterocycles. The molecule has 7 heteroatoms. The number of nitrogens with zero attached hydrogens (tertiary/aromatic N) is 4. The number of esters is 1. The summed E-state index contributed by atoms with van der Waals surface area (Å²) in [6.45, 7) is 8.45. The molecule has 0 spiro atoms. The number of benzene rings is 3. The molecule has 0 saturated carbocycles. The maximum atomic E-state index is 13.7. The number of hydrogen-bond donors (Lipinski definition) is 0. The summed E-state index contributed by atoms with van der Waals surface area (Å²) < 4.78 is 15.0. The molecule has 0 fully saturated rings. The van der Waals surface area contributed by atoms with Gasteiger partial charge in [0.15, 0.2) is 0 Å². The number of cyclic esters (lactones) is 1. The topological polar surface area (TPSA) is 59.3 Å². The highest BCUT2D eigenvalue weighted by molar-refractivity contribution is 5.97. The number of anilines is 2. The lowest BCUT2D eigenvalue weighted by atomic mass is 9.80. The number of hydrogen-bond acceptors (Lipinski definition) is 6. The van der Waals surface area contributed by atoms with E-state index in [-0.39, 0.29) is 5.97 Å². The third-order valence-electron chi connectivity index (χ3n) is 8.07. The molecule has 214 valence electrons. The van der Waals surface area contributed by atoms with Gasteiger partial charge in [0, 0.05) is 67.5 Å². The fraction of sp³-hybridized carbons (Fsp3) is 0.257. The maximum Gasteiger partial charge on any atom is 0.340 e. The third-order valence-corrected chi connectivity index (χ3v) is 8.07. The monoisotopic (exact) mass is 560 g/mol. The molecule has 2 aromatic heterocycles. The molecule has 42 heavy (non-hydrogen) atoms. The Kier molecular flexibility index (Phi) is 7.11. The van der Waals surface area contributed by atoms with E-state index in [0.717, 1.165) is 58.2 Å². The summed E-state index contributed by atoms with van der Waals surface area (Å²) in [6, 6.07) is 28.1. The first-order chi connectivity index (χ1) is 20.4. The average Bonchev–Trinajstić information content (AvgIpc) is 3.54. The van der Waals surface area contributed by atoms with E-state index in [1.54, 1.807) is 0 Å². The minimum absolute atomic E-state index is 0.374. The van der Waals surface area contributed by atoms with Gasteiger partial charge < -0.3 is 19.3 Å². The fourth-order valence-corrected chi connectivity index (χ4v) is 6.03. The summed E-state index contributed by atoms with van der Waals surface area (Å²) in [5, 5.41) is 0. The van der Waals surface area contributed by atoms with Crippen LogP contribution in [0.4, 0.5) is 11.4 Å². The standard InChI is InChI=1S/C35H36N4O3/c1-6-38(7-2)26-20-21-29(30(23-26)41-8-3)35(28-14-10-9-13-27(28)34(40)42-35)33-32(36-31-15-11-12-22-39(31)33)24-16-18-25(19-17-24)37(4)5/h9-23H,6-8H2,1-5H3. The Balaban J connectivity index is 1.71. The van der Waals surface area contributed by atoms with Crippen LogP contribution in [0.3, 0.4) is 0 Å². The van der Waals surface area contributed by atoms with E-state index in [0.29, 0.717) is 17.9 Å². The summed E-state index contributed by atoms with van der Waals surface area (Å²) in [5.74, 6) is 0.298. The van der Waals surface area contributed by atoms with Crippen LogP contribution in [-0.4, -0.2) is 49.1 Å². The molecule has 0 bridgehead atoms. The number of carbonyl (C=O) groups excluding carboxylic acids is 1. The zero-order chi connectivity index (χ0) is 29.4. The zero-order valence-electron chi connectivity index (χ0n) is 24.8. The van der Waals surface area contributed by atoms with E-state index < -0.39 is 5.60 Å². The van der Waals surface area contributed by atoms with E-state index in [9.17, 15) is 4.79 Å². The molecule has 0 saturated heterocycles. The van der Waals surface area contributed by atoms with Gasteiger partial charge in [-0.15, -0.1) is 0 Å². The number of pyridine rings is 1. The van der Waals surface area contributed by atoms with E-state index in [2.05, 4.69) is 66.1 Å². The second-order valence-electron chi connectivity index (χ2n) is 10.6. The highest BCUT2D eigenvalue weighted by Gasteiger charge is 2.53. The number of imidazole rings is 1. The van der Waals surface area contributed by atoms with Crippen molar-refractivity contribution >= 4 is 23.0 Å². The van der Waals surface area contributed by atoms with Crippen LogP contribution in [0.5, 0.6) is 5.75 Å². The minimum Gasteiger partial charge on any atom is -0.493 e. The van der Waals surface area contributed by atoms with Crippen LogP contribution in [0.1, 0.15) is 48.0 Å². The normalized spacial score (nSPS) is 15.9. The van der Waals surface area contributed by atoms with Crippen LogP contribution in [0.2, 0.25) is 0 Å². The lowest BCUT2D eigenvalue weighted by molar-refractivity contribution is 0.0230. The summed E-state index contributed by atoms with van der Waals surface area (Å²) in [7, 11) is 4.04. The molecule has 0 aliphatic carbocycles. The molecule has 0 N–H and O–H groups in total. The molecule has 0 radical (unpaired) electrons. The summed E-state index contributed by atoms with van der Waals surface area (Å²) in [6.07, 6.45) is 1.98. The Bertz CT molecular complexity index is 1750. The van der Waals surface area contributed by atoms with E-state index >= 15 is 0 Å². The molecule has 0 amide bonds. The predicted molar refractivity (Wildman–Crippen MR) is 168 cm³/mol. The molecule has 1 atom stereocenters. The van der Waals surface area contributed by atoms with Crippen LogP contribution < -0.4 is 14.5 Å². The van der Waals surface area contributed by atoms with Crippen molar-refractivity contribution in [1.29, 1.82) is 0 Å². The van der Waals surface area contributed by atoms with Gasteiger partial charge in [-0.1, -0.05) is 36.4 Å². The van der Waals surface area contributed by atoms with Gasteiger partial charge in [0.1, 0.15) is 17.1 Å².